The molecule has 1 atom stereocenters. The summed E-state index contributed by atoms with van der Waals surface area (Å²) >= 11 is 0. The van der Waals surface area contributed by atoms with Gasteiger partial charge in [-0.1, -0.05) is 19.1 Å². The molecule has 0 amide bonds. The van der Waals surface area contributed by atoms with Crippen LogP contribution in [-0.2, 0) is 0 Å². The molecule has 0 fully saturated rings. The molecule has 0 bridgehead atoms. The van der Waals surface area contributed by atoms with Gasteiger partial charge in [-0.3, -0.25) is 0 Å². The lowest BCUT2D eigenvalue weighted by Crippen LogP contribution is -2.22. The Kier molecular flexibility index (Phi) is 7.07. The van der Waals surface area contributed by atoms with Crippen molar-refractivity contribution in [2.45, 2.75) is 45.6 Å². The van der Waals surface area contributed by atoms with Crippen LogP contribution in [0.3, 0.4) is 0 Å². The third-order valence-electron chi connectivity index (χ3n) is 3.22. The van der Waals surface area contributed by atoms with Crippen molar-refractivity contribution in [1.29, 1.82) is 0 Å². The number of hydrogen-bond acceptors (Lipinski definition) is 2. The summed E-state index contributed by atoms with van der Waals surface area (Å²) in [6.45, 7) is 5.27. The molecule has 1 unspecified atom stereocenters. The van der Waals surface area contributed by atoms with E-state index < -0.39 is 0 Å². The van der Waals surface area contributed by atoms with Gasteiger partial charge in [-0.05, 0) is 44.4 Å². The molecule has 104 valence electrons. The smallest absolute Gasteiger partial charge is 0.123 e. The number of methoxy groups -OCH3 is 1. The number of nitrogens with one attached hydrogen (secondary N) is 1. The van der Waals surface area contributed by atoms with Crippen LogP contribution in [0.5, 0.6) is 5.75 Å². The van der Waals surface area contributed by atoms with E-state index in [9.17, 15) is 0 Å². The first-order valence-electron chi connectivity index (χ1n) is 7.04. The number of aryl methyl sites for hydroxylation is 1. The predicted molar refractivity (Wildman–Crippen MR) is 81.4 cm³/mol. The zero-order valence-corrected chi connectivity index (χ0v) is 12.3. The lowest BCUT2D eigenvalue weighted by atomic mass is 9.98. The van der Waals surface area contributed by atoms with Crippen molar-refractivity contribution in [2.24, 2.45) is 0 Å². The largest absolute Gasteiger partial charge is 0.496 e. The van der Waals surface area contributed by atoms with E-state index >= 15 is 0 Å². The van der Waals surface area contributed by atoms with E-state index in [4.69, 9.17) is 11.2 Å². The van der Waals surface area contributed by atoms with Gasteiger partial charge in [-0.2, -0.15) is 0 Å². The molecule has 0 aliphatic rings. The first-order valence-corrected chi connectivity index (χ1v) is 7.04. The number of ether oxygens (including phenoxy) is 1. The second-order valence-electron chi connectivity index (χ2n) is 4.85. The van der Waals surface area contributed by atoms with Gasteiger partial charge in [0.15, 0.2) is 0 Å². The quantitative estimate of drug-likeness (QED) is 0.565. The van der Waals surface area contributed by atoms with Gasteiger partial charge >= 0.3 is 0 Å². The highest BCUT2D eigenvalue weighted by molar-refractivity contribution is 5.39. The van der Waals surface area contributed by atoms with E-state index in [1.165, 1.54) is 11.1 Å². The summed E-state index contributed by atoms with van der Waals surface area (Å²) in [6.07, 6.45) is 9.37. The van der Waals surface area contributed by atoms with Crippen molar-refractivity contribution in [3.05, 3.63) is 29.3 Å². The highest BCUT2D eigenvalue weighted by Crippen LogP contribution is 2.29. The first-order chi connectivity index (χ1) is 9.22. The molecule has 1 rings (SSSR count). The maximum absolute atomic E-state index is 5.51. The number of benzene rings is 1. The summed E-state index contributed by atoms with van der Waals surface area (Å²) in [6, 6.07) is 6.72. The van der Waals surface area contributed by atoms with Gasteiger partial charge < -0.3 is 10.1 Å². The molecule has 2 heteroatoms. The summed E-state index contributed by atoms with van der Waals surface area (Å²) in [7, 11) is 1.73. The van der Waals surface area contributed by atoms with Crippen LogP contribution in [-0.4, -0.2) is 13.7 Å². The van der Waals surface area contributed by atoms with Crippen molar-refractivity contribution >= 4 is 0 Å². The van der Waals surface area contributed by atoms with Crippen molar-refractivity contribution in [2.75, 3.05) is 13.7 Å². The SMILES string of the molecule is C#CCCCC(NCCC)c1ccc(C)cc1OC. The Balaban J connectivity index is 2.85. The average Bonchev–Trinajstić information content (AvgIpc) is 2.43. The molecule has 0 saturated heterocycles. The molecule has 0 aromatic heterocycles. The van der Waals surface area contributed by atoms with Crippen LogP contribution >= 0.6 is 0 Å². The van der Waals surface area contributed by atoms with Gasteiger partial charge in [-0.15, -0.1) is 12.3 Å². The minimum absolute atomic E-state index is 0.323. The van der Waals surface area contributed by atoms with Crippen LogP contribution in [0.15, 0.2) is 18.2 Å². The van der Waals surface area contributed by atoms with Crippen LogP contribution in [0.1, 0.15) is 49.8 Å². The molecule has 2 nitrogen and oxygen atoms in total. The molecule has 0 heterocycles. The van der Waals surface area contributed by atoms with Crippen LogP contribution in [0.4, 0.5) is 0 Å². The number of rotatable bonds is 8. The maximum atomic E-state index is 5.51. The topological polar surface area (TPSA) is 21.3 Å². The Hall–Kier alpha value is -1.46. The van der Waals surface area contributed by atoms with Crippen LogP contribution in [0.25, 0.3) is 0 Å². The molecule has 0 saturated carbocycles. The lowest BCUT2D eigenvalue weighted by Gasteiger charge is -2.21. The fourth-order valence-corrected chi connectivity index (χ4v) is 2.20. The van der Waals surface area contributed by atoms with Crippen molar-refractivity contribution < 1.29 is 4.74 Å². The third-order valence-corrected chi connectivity index (χ3v) is 3.22. The molecule has 1 aromatic carbocycles. The highest BCUT2D eigenvalue weighted by atomic mass is 16.5. The fraction of sp³-hybridized carbons (Fsp3) is 0.529. The minimum Gasteiger partial charge on any atom is -0.496 e. The summed E-state index contributed by atoms with van der Waals surface area (Å²) in [5.41, 5.74) is 2.46. The van der Waals surface area contributed by atoms with E-state index in [-0.39, 0.29) is 0 Å². The Morgan fingerprint density at radius 3 is 2.84 bits per heavy atom. The zero-order valence-electron chi connectivity index (χ0n) is 12.3. The molecule has 1 N–H and O–H groups in total. The van der Waals surface area contributed by atoms with Crippen LogP contribution in [0, 0.1) is 19.3 Å². The van der Waals surface area contributed by atoms with Crippen molar-refractivity contribution in [3.8, 4) is 18.1 Å². The normalized spacial score (nSPS) is 11.9. The van der Waals surface area contributed by atoms with E-state index in [1.54, 1.807) is 7.11 Å². The molecule has 0 aliphatic carbocycles. The maximum Gasteiger partial charge on any atom is 0.123 e. The van der Waals surface area contributed by atoms with Crippen molar-refractivity contribution in [1.82, 2.24) is 5.32 Å². The Morgan fingerprint density at radius 2 is 2.21 bits per heavy atom. The summed E-state index contributed by atoms with van der Waals surface area (Å²) < 4.78 is 5.51. The van der Waals surface area contributed by atoms with Gasteiger partial charge in [0.05, 0.1) is 7.11 Å². The second kappa shape index (κ2) is 8.61. The monoisotopic (exact) mass is 259 g/mol. The third kappa shape index (κ3) is 4.96. The molecule has 19 heavy (non-hydrogen) atoms. The van der Waals surface area contributed by atoms with Gasteiger partial charge in [0.1, 0.15) is 5.75 Å². The van der Waals surface area contributed by atoms with E-state index in [2.05, 4.69) is 43.3 Å². The summed E-state index contributed by atoms with van der Waals surface area (Å²) in [4.78, 5) is 0. The Labute approximate surface area is 117 Å². The lowest BCUT2D eigenvalue weighted by molar-refractivity contribution is 0.393. The standard InChI is InChI=1S/C17H25NO/c1-5-7-8-9-16(18-12-6-2)15-11-10-14(3)13-17(15)19-4/h1,10-11,13,16,18H,6-9,12H2,2-4H3. The Morgan fingerprint density at radius 1 is 1.42 bits per heavy atom. The predicted octanol–water partition coefficient (Wildman–Crippen LogP) is 3.85. The number of hydrogen-bond donors (Lipinski definition) is 1. The molecule has 0 spiro atoms. The van der Waals surface area contributed by atoms with Gasteiger partial charge in [0.2, 0.25) is 0 Å². The van der Waals surface area contributed by atoms with Crippen molar-refractivity contribution in [3.63, 3.8) is 0 Å². The zero-order chi connectivity index (χ0) is 14.1. The van der Waals surface area contributed by atoms with Crippen LogP contribution < -0.4 is 10.1 Å². The average molecular weight is 259 g/mol. The van der Waals surface area contributed by atoms with Gasteiger partial charge in [0, 0.05) is 18.0 Å². The molecular formula is C17H25NO. The van der Waals surface area contributed by atoms with E-state index in [0.717, 1.165) is 38.0 Å². The summed E-state index contributed by atoms with van der Waals surface area (Å²) in [5.74, 6) is 3.68. The Bertz CT molecular complexity index is 420. The van der Waals surface area contributed by atoms with E-state index in [0.29, 0.717) is 6.04 Å². The molecule has 0 aliphatic heterocycles. The summed E-state index contributed by atoms with van der Waals surface area (Å²) in [5, 5.41) is 3.59. The highest BCUT2D eigenvalue weighted by Gasteiger charge is 2.15. The van der Waals surface area contributed by atoms with Gasteiger partial charge in [0.25, 0.3) is 0 Å². The minimum atomic E-state index is 0.323. The van der Waals surface area contributed by atoms with E-state index in [1.807, 2.05) is 0 Å². The van der Waals surface area contributed by atoms with Crippen LogP contribution in [0.2, 0.25) is 0 Å². The van der Waals surface area contributed by atoms with Gasteiger partial charge in [-0.25, -0.2) is 0 Å². The first kappa shape index (κ1) is 15.6. The fourth-order valence-electron chi connectivity index (χ4n) is 2.20. The number of unbranched alkanes of at least 4 members (excludes halogenated alkanes) is 1. The molecule has 0 radical (unpaired) electrons. The molecule has 1 aromatic rings. The number of terminal acetylenes is 1. The second-order valence-corrected chi connectivity index (χ2v) is 4.85. The molecular weight excluding hydrogens is 234 g/mol.